The van der Waals surface area contributed by atoms with Crippen molar-refractivity contribution in [2.75, 3.05) is 0 Å². The lowest BCUT2D eigenvalue weighted by Crippen LogP contribution is -2.46. The zero-order valence-electron chi connectivity index (χ0n) is 14.2. The van der Waals surface area contributed by atoms with Crippen LogP contribution < -0.4 is 0 Å². The molecule has 6 rings (SSSR count). The molecule has 0 aromatic rings. The fourth-order valence-corrected chi connectivity index (χ4v) is 7.11. The van der Waals surface area contributed by atoms with Gasteiger partial charge in [0.15, 0.2) is 0 Å². The average Bonchev–Trinajstić information content (AvgIpc) is 2.90. The summed E-state index contributed by atoms with van der Waals surface area (Å²) in [5, 5.41) is 0. The van der Waals surface area contributed by atoms with Crippen LogP contribution in [0.2, 0.25) is 0 Å². The van der Waals surface area contributed by atoms with Crippen LogP contribution in [0.1, 0.15) is 77.6 Å². The molecule has 0 radical (unpaired) electrons. The van der Waals surface area contributed by atoms with Gasteiger partial charge in [0.05, 0.1) is 0 Å². The molecule has 22 heavy (non-hydrogen) atoms. The second kappa shape index (κ2) is 4.86. The Morgan fingerprint density at radius 3 is 2.00 bits per heavy atom. The van der Waals surface area contributed by atoms with Gasteiger partial charge < -0.3 is 0 Å². The first-order chi connectivity index (χ1) is 10.7. The third kappa shape index (κ3) is 2.02. The lowest BCUT2D eigenvalue weighted by Gasteiger charge is -2.57. The maximum atomic E-state index is 2.66. The Morgan fingerprint density at radius 1 is 0.818 bits per heavy atom. The van der Waals surface area contributed by atoms with Crippen LogP contribution in [0.15, 0.2) is 34.4 Å². The Bertz CT molecular complexity index is 540. The minimum Gasteiger partial charge on any atom is -0.0629 e. The molecule has 0 aliphatic heterocycles. The predicted octanol–water partition coefficient (Wildman–Crippen LogP) is 6.35. The molecular weight excluding hydrogens is 264 g/mol. The third-order valence-electron chi connectivity index (χ3n) is 7.57. The topological polar surface area (TPSA) is 0 Å². The third-order valence-corrected chi connectivity index (χ3v) is 7.57. The van der Waals surface area contributed by atoms with E-state index in [2.05, 4.69) is 19.1 Å². The highest BCUT2D eigenvalue weighted by Gasteiger charge is 2.52. The van der Waals surface area contributed by atoms with Crippen LogP contribution in [-0.2, 0) is 0 Å². The molecule has 0 heterocycles. The molecule has 6 aliphatic carbocycles. The Kier molecular flexibility index (Phi) is 3.01. The highest BCUT2D eigenvalue weighted by atomic mass is 14.6. The maximum absolute atomic E-state index is 2.66. The molecule has 0 heteroatoms. The van der Waals surface area contributed by atoms with Crippen LogP contribution in [0.3, 0.4) is 0 Å². The Balaban J connectivity index is 1.51. The van der Waals surface area contributed by atoms with E-state index in [0.29, 0.717) is 5.41 Å². The fourth-order valence-electron chi connectivity index (χ4n) is 7.11. The highest BCUT2D eigenvalue weighted by molar-refractivity contribution is 5.56. The van der Waals surface area contributed by atoms with Gasteiger partial charge in [0.2, 0.25) is 0 Å². The summed E-state index contributed by atoms with van der Waals surface area (Å²) in [7, 11) is 0. The van der Waals surface area contributed by atoms with Gasteiger partial charge in [-0.3, -0.25) is 0 Å². The first-order valence-corrected chi connectivity index (χ1v) is 9.85. The molecule has 0 nitrogen and oxygen atoms in total. The highest BCUT2D eigenvalue weighted by Crippen LogP contribution is 2.64. The van der Waals surface area contributed by atoms with E-state index in [4.69, 9.17) is 0 Å². The van der Waals surface area contributed by atoms with Crippen molar-refractivity contribution < 1.29 is 0 Å². The van der Waals surface area contributed by atoms with E-state index in [1.807, 2.05) is 0 Å². The van der Waals surface area contributed by atoms with Crippen LogP contribution in [0.5, 0.6) is 0 Å². The van der Waals surface area contributed by atoms with Gasteiger partial charge in [-0.15, -0.1) is 0 Å². The summed E-state index contributed by atoms with van der Waals surface area (Å²) in [5.74, 6) is 3.18. The second-order valence-corrected chi connectivity index (χ2v) is 9.20. The summed E-state index contributed by atoms with van der Waals surface area (Å²) in [6.45, 7) is 2.40. The summed E-state index contributed by atoms with van der Waals surface area (Å²) in [4.78, 5) is 0. The van der Waals surface area contributed by atoms with Gasteiger partial charge in [-0.05, 0) is 111 Å². The second-order valence-electron chi connectivity index (χ2n) is 9.20. The summed E-state index contributed by atoms with van der Waals surface area (Å²) >= 11 is 0. The zero-order chi connectivity index (χ0) is 14.7. The Hall–Kier alpha value is -0.780. The molecule has 5 saturated carbocycles. The molecule has 0 spiro atoms. The van der Waals surface area contributed by atoms with E-state index >= 15 is 0 Å². The Labute approximate surface area is 135 Å². The van der Waals surface area contributed by atoms with Crippen LogP contribution in [0, 0.1) is 23.2 Å². The minimum atomic E-state index is 0.590. The molecular formula is C22H30. The summed E-state index contributed by atoms with van der Waals surface area (Å²) in [5.41, 5.74) is 7.38. The van der Waals surface area contributed by atoms with Crippen molar-refractivity contribution in [3.63, 3.8) is 0 Å². The molecule has 118 valence electrons. The summed E-state index contributed by atoms with van der Waals surface area (Å²) in [6, 6.07) is 0. The van der Waals surface area contributed by atoms with Crippen molar-refractivity contribution in [1.29, 1.82) is 0 Å². The van der Waals surface area contributed by atoms with Gasteiger partial charge in [0.1, 0.15) is 0 Å². The first kappa shape index (κ1) is 13.6. The standard InChI is InChI=1S/C22H30/c1-15-7-20(19-5-3-2-4-6-19)11-21(15)22-12-16-8-17(13-22)10-18(9-16)14-22/h7,11,16-18H,2-6,8-10,12-14H2,1H3. The molecule has 0 N–H and O–H groups in total. The van der Waals surface area contributed by atoms with Gasteiger partial charge in [-0.1, -0.05) is 24.1 Å². The van der Waals surface area contributed by atoms with E-state index in [0.717, 1.165) is 17.8 Å². The number of allylic oxidation sites excluding steroid dienone is 6. The van der Waals surface area contributed by atoms with Crippen molar-refractivity contribution >= 4 is 0 Å². The minimum absolute atomic E-state index is 0.590. The summed E-state index contributed by atoms with van der Waals surface area (Å²) in [6.07, 6.45) is 21.4. The van der Waals surface area contributed by atoms with Crippen LogP contribution in [0.4, 0.5) is 0 Å². The van der Waals surface area contributed by atoms with E-state index in [1.54, 1.807) is 41.6 Å². The van der Waals surface area contributed by atoms with Gasteiger partial charge in [0, 0.05) is 0 Å². The monoisotopic (exact) mass is 294 g/mol. The molecule has 6 aliphatic rings. The molecule has 0 aromatic carbocycles. The van der Waals surface area contributed by atoms with Gasteiger partial charge in [0.25, 0.3) is 0 Å². The van der Waals surface area contributed by atoms with Gasteiger partial charge in [-0.2, -0.15) is 0 Å². The van der Waals surface area contributed by atoms with Gasteiger partial charge in [-0.25, -0.2) is 0 Å². The van der Waals surface area contributed by atoms with Crippen molar-refractivity contribution in [2.24, 2.45) is 23.2 Å². The quantitative estimate of drug-likeness (QED) is 0.528. The lowest BCUT2D eigenvalue weighted by atomic mass is 9.47. The first-order valence-electron chi connectivity index (χ1n) is 9.85. The van der Waals surface area contributed by atoms with E-state index in [1.165, 1.54) is 51.4 Å². The van der Waals surface area contributed by atoms with Crippen molar-refractivity contribution in [2.45, 2.75) is 77.6 Å². The number of hydrogen-bond acceptors (Lipinski definition) is 0. The number of hydrogen-bond donors (Lipinski definition) is 0. The fraction of sp³-hybridized carbons (Fsp3) is 0.727. The summed E-state index contributed by atoms with van der Waals surface area (Å²) < 4.78 is 0. The molecule has 0 amide bonds. The molecule has 4 bridgehead atoms. The normalized spacial score (nSPS) is 43.6. The van der Waals surface area contributed by atoms with E-state index in [9.17, 15) is 0 Å². The van der Waals surface area contributed by atoms with Crippen LogP contribution in [0.25, 0.3) is 0 Å². The molecule has 0 saturated heterocycles. The SMILES string of the molecule is CC1=CC(=C2CCCCC2)C=C1C12CC3CC(CC(C3)C1)C2. The van der Waals surface area contributed by atoms with Gasteiger partial charge >= 0.3 is 0 Å². The van der Waals surface area contributed by atoms with E-state index < -0.39 is 0 Å². The van der Waals surface area contributed by atoms with Crippen molar-refractivity contribution in [1.82, 2.24) is 0 Å². The zero-order valence-corrected chi connectivity index (χ0v) is 14.2. The van der Waals surface area contributed by atoms with E-state index in [-0.39, 0.29) is 0 Å². The number of rotatable bonds is 1. The maximum Gasteiger partial charge on any atom is -0.00362 e. The van der Waals surface area contributed by atoms with Crippen molar-refractivity contribution in [3.05, 3.63) is 34.4 Å². The average molecular weight is 294 g/mol. The molecule has 0 atom stereocenters. The Morgan fingerprint density at radius 2 is 1.41 bits per heavy atom. The molecule has 5 fully saturated rings. The lowest BCUT2D eigenvalue weighted by molar-refractivity contribution is -0.0290. The molecule has 0 aromatic heterocycles. The largest absolute Gasteiger partial charge is 0.0629 e. The smallest absolute Gasteiger partial charge is 0.00362 e. The molecule has 0 unspecified atom stereocenters. The predicted molar refractivity (Wildman–Crippen MR) is 92.6 cm³/mol. The van der Waals surface area contributed by atoms with Crippen molar-refractivity contribution in [3.8, 4) is 0 Å². The van der Waals surface area contributed by atoms with Crippen LogP contribution in [-0.4, -0.2) is 0 Å². The van der Waals surface area contributed by atoms with Crippen LogP contribution >= 0.6 is 0 Å².